The molecule has 0 radical (unpaired) electrons. The summed E-state index contributed by atoms with van der Waals surface area (Å²) >= 11 is 0. The van der Waals surface area contributed by atoms with E-state index in [2.05, 4.69) is 9.97 Å². The summed E-state index contributed by atoms with van der Waals surface area (Å²) in [7, 11) is 0. The molecule has 5 nitrogen and oxygen atoms in total. The van der Waals surface area contributed by atoms with E-state index in [9.17, 15) is 4.79 Å². The lowest BCUT2D eigenvalue weighted by Crippen LogP contribution is -2.31. The number of fused-ring (bicyclic) bond motifs is 1. The SMILES string of the molecule is Cc1ccc2ncc(C(=O)N3CCC[C@@H]3c3ccncc3)n2c1. The van der Waals surface area contributed by atoms with E-state index in [1.165, 1.54) is 0 Å². The molecule has 0 spiro atoms. The highest BCUT2D eigenvalue weighted by Gasteiger charge is 2.31. The first-order valence-corrected chi connectivity index (χ1v) is 7.88. The average Bonchev–Trinajstić information content (AvgIpc) is 3.21. The fourth-order valence-electron chi connectivity index (χ4n) is 3.33. The molecule has 1 fully saturated rings. The van der Waals surface area contributed by atoms with Crippen molar-refractivity contribution in [3.05, 3.63) is 65.9 Å². The minimum atomic E-state index is 0.0439. The Morgan fingerprint density at radius 2 is 2.04 bits per heavy atom. The molecule has 0 aromatic carbocycles. The number of carbonyl (C=O) groups excluding carboxylic acids is 1. The minimum Gasteiger partial charge on any atom is -0.330 e. The van der Waals surface area contributed by atoms with E-state index in [0.29, 0.717) is 5.69 Å². The molecule has 0 bridgehead atoms. The van der Waals surface area contributed by atoms with Crippen LogP contribution in [0.4, 0.5) is 0 Å². The molecule has 0 unspecified atom stereocenters. The normalized spacial score (nSPS) is 17.8. The van der Waals surface area contributed by atoms with Gasteiger partial charge in [0.25, 0.3) is 5.91 Å². The zero-order valence-corrected chi connectivity index (χ0v) is 13.0. The number of hydrogen-bond acceptors (Lipinski definition) is 3. The van der Waals surface area contributed by atoms with Gasteiger partial charge < -0.3 is 4.90 Å². The number of carbonyl (C=O) groups is 1. The third-order valence-corrected chi connectivity index (χ3v) is 4.48. The summed E-state index contributed by atoms with van der Waals surface area (Å²) in [6.45, 7) is 2.80. The van der Waals surface area contributed by atoms with Gasteiger partial charge in [0.05, 0.1) is 12.2 Å². The van der Waals surface area contributed by atoms with Gasteiger partial charge in [0.15, 0.2) is 0 Å². The van der Waals surface area contributed by atoms with E-state index in [1.807, 2.05) is 46.7 Å². The molecule has 3 aromatic rings. The van der Waals surface area contributed by atoms with Crippen molar-refractivity contribution in [2.75, 3.05) is 6.54 Å². The van der Waals surface area contributed by atoms with Crippen molar-refractivity contribution >= 4 is 11.6 Å². The van der Waals surface area contributed by atoms with Gasteiger partial charge in [-0.3, -0.25) is 14.2 Å². The minimum absolute atomic E-state index is 0.0439. The van der Waals surface area contributed by atoms with E-state index < -0.39 is 0 Å². The molecule has 3 aromatic heterocycles. The van der Waals surface area contributed by atoms with Crippen molar-refractivity contribution in [3.8, 4) is 0 Å². The van der Waals surface area contributed by atoms with Gasteiger partial charge in [-0.15, -0.1) is 0 Å². The van der Waals surface area contributed by atoms with Crippen molar-refractivity contribution in [1.82, 2.24) is 19.3 Å². The number of pyridine rings is 2. The highest BCUT2D eigenvalue weighted by molar-refractivity contribution is 5.93. The molecule has 4 rings (SSSR count). The number of likely N-dealkylation sites (tertiary alicyclic amines) is 1. The van der Waals surface area contributed by atoms with Gasteiger partial charge in [-0.1, -0.05) is 6.07 Å². The Labute approximate surface area is 134 Å². The molecule has 5 heteroatoms. The van der Waals surface area contributed by atoms with Gasteiger partial charge >= 0.3 is 0 Å². The van der Waals surface area contributed by atoms with Crippen LogP contribution in [0.25, 0.3) is 5.65 Å². The van der Waals surface area contributed by atoms with Crippen LogP contribution in [0, 0.1) is 6.92 Å². The summed E-state index contributed by atoms with van der Waals surface area (Å²) in [6, 6.07) is 8.06. The molecule has 23 heavy (non-hydrogen) atoms. The molecule has 1 aliphatic rings. The van der Waals surface area contributed by atoms with Crippen LogP contribution in [0.3, 0.4) is 0 Å². The molecule has 0 saturated carbocycles. The summed E-state index contributed by atoms with van der Waals surface area (Å²) < 4.78 is 1.89. The van der Waals surface area contributed by atoms with Crippen molar-refractivity contribution in [2.24, 2.45) is 0 Å². The van der Waals surface area contributed by atoms with Crippen LogP contribution >= 0.6 is 0 Å². The van der Waals surface area contributed by atoms with E-state index in [0.717, 1.165) is 36.2 Å². The summed E-state index contributed by atoms with van der Waals surface area (Å²) in [6.07, 6.45) is 9.23. The number of hydrogen-bond donors (Lipinski definition) is 0. The molecule has 1 atom stereocenters. The zero-order chi connectivity index (χ0) is 15.8. The molecular formula is C18H18N4O. The Kier molecular flexibility index (Phi) is 3.33. The van der Waals surface area contributed by atoms with Crippen molar-refractivity contribution in [3.63, 3.8) is 0 Å². The zero-order valence-electron chi connectivity index (χ0n) is 13.0. The number of rotatable bonds is 2. The third-order valence-electron chi connectivity index (χ3n) is 4.48. The lowest BCUT2D eigenvalue weighted by molar-refractivity contribution is 0.0728. The highest BCUT2D eigenvalue weighted by Crippen LogP contribution is 2.32. The van der Waals surface area contributed by atoms with E-state index in [4.69, 9.17) is 0 Å². The second-order valence-corrected chi connectivity index (χ2v) is 6.02. The maximum atomic E-state index is 13.1. The Morgan fingerprint density at radius 3 is 2.87 bits per heavy atom. The van der Waals surface area contributed by atoms with Crippen molar-refractivity contribution < 1.29 is 4.79 Å². The molecule has 0 aliphatic carbocycles. The van der Waals surface area contributed by atoms with Crippen LogP contribution in [0.2, 0.25) is 0 Å². The standard InChI is InChI=1S/C18H18N4O/c1-13-4-5-17-20-11-16(22(17)12-13)18(23)21-10-2-3-15(21)14-6-8-19-9-7-14/h4-9,11-12,15H,2-3,10H2,1H3/t15-/m1/s1. The molecule has 1 aliphatic heterocycles. The van der Waals surface area contributed by atoms with Crippen LogP contribution in [-0.2, 0) is 0 Å². The Morgan fingerprint density at radius 1 is 1.22 bits per heavy atom. The molecule has 0 N–H and O–H groups in total. The van der Waals surface area contributed by atoms with Gasteiger partial charge in [0, 0.05) is 25.1 Å². The predicted octanol–water partition coefficient (Wildman–Crippen LogP) is 3.02. The Balaban J connectivity index is 1.71. The fraction of sp³-hybridized carbons (Fsp3) is 0.278. The van der Waals surface area contributed by atoms with Gasteiger partial charge in [-0.2, -0.15) is 0 Å². The number of nitrogens with zero attached hydrogens (tertiary/aromatic N) is 4. The summed E-state index contributed by atoms with van der Waals surface area (Å²) in [4.78, 5) is 23.5. The van der Waals surface area contributed by atoms with Gasteiger partial charge in [-0.05, 0) is 49.1 Å². The quantitative estimate of drug-likeness (QED) is 0.731. The first-order valence-electron chi connectivity index (χ1n) is 7.88. The second-order valence-electron chi connectivity index (χ2n) is 6.02. The smallest absolute Gasteiger partial charge is 0.273 e. The lowest BCUT2D eigenvalue weighted by atomic mass is 10.1. The van der Waals surface area contributed by atoms with Crippen LogP contribution in [0.15, 0.2) is 49.1 Å². The van der Waals surface area contributed by atoms with Crippen molar-refractivity contribution in [1.29, 1.82) is 0 Å². The van der Waals surface area contributed by atoms with Crippen molar-refractivity contribution in [2.45, 2.75) is 25.8 Å². The van der Waals surface area contributed by atoms with Gasteiger partial charge in [0.2, 0.25) is 0 Å². The van der Waals surface area contributed by atoms with E-state index in [-0.39, 0.29) is 11.9 Å². The van der Waals surface area contributed by atoms with Crippen LogP contribution < -0.4 is 0 Å². The first-order chi connectivity index (χ1) is 11.2. The Hall–Kier alpha value is -2.69. The third kappa shape index (κ3) is 2.38. The van der Waals surface area contributed by atoms with Crippen LogP contribution in [0.1, 0.15) is 40.5 Å². The largest absolute Gasteiger partial charge is 0.330 e. The Bertz CT molecular complexity index is 856. The topological polar surface area (TPSA) is 50.5 Å². The number of imidazole rings is 1. The first kappa shape index (κ1) is 13.9. The molecule has 4 heterocycles. The van der Waals surface area contributed by atoms with E-state index in [1.54, 1.807) is 18.6 Å². The summed E-state index contributed by atoms with van der Waals surface area (Å²) in [5, 5.41) is 0. The number of amides is 1. The fourth-order valence-corrected chi connectivity index (χ4v) is 3.33. The number of aromatic nitrogens is 3. The maximum absolute atomic E-state index is 13.1. The molecular weight excluding hydrogens is 288 g/mol. The summed E-state index contributed by atoms with van der Waals surface area (Å²) in [5.41, 5.74) is 3.69. The average molecular weight is 306 g/mol. The second kappa shape index (κ2) is 5.50. The molecule has 116 valence electrons. The number of aryl methyl sites for hydroxylation is 1. The maximum Gasteiger partial charge on any atom is 0.273 e. The molecule has 1 saturated heterocycles. The lowest BCUT2D eigenvalue weighted by Gasteiger charge is -2.24. The monoisotopic (exact) mass is 306 g/mol. The van der Waals surface area contributed by atoms with Crippen LogP contribution in [0.5, 0.6) is 0 Å². The van der Waals surface area contributed by atoms with Gasteiger partial charge in [0.1, 0.15) is 11.3 Å². The molecule has 1 amide bonds. The van der Waals surface area contributed by atoms with Crippen LogP contribution in [-0.4, -0.2) is 31.7 Å². The van der Waals surface area contributed by atoms with Gasteiger partial charge in [-0.25, -0.2) is 4.98 Å². The summed E-state index contributed by atoms with van der Waals surface area (Å²) in [5.74, 6) is 0.0439. The highest BCUT2D eigenvalue weighted by atomic mass is 16.2. The van der Waals surface area contributed by atoms with E-state index >= 15 is 0 Å². The predicted molar refractivity (Wildman–Crippen MR) is 87.2 cm³/mol.